The van der Waals surface area contributed by atoms with Crippen LogP contribution in [0.5, 0.6) is 0 Å². The van der Waals surface area contributed by atoms with Crippen LogP contribution >= 0.6 is 0 Å². The first-order valence-electron chi connectivity index (χ1n) is 3.14. The molecule has 1 aromatic rings. The Morgan fingerprint density at radius 3 is 3.00 bits per heavy atom. The lowest BCUT2D eigenvalue weighted by Crippen LogP contribution is -2.15. The highest BCUT2D eigenvalue weighted by Gasteiger charge is 1.97. The molecular weight excluding hydrogens is 144 g/mol. The zero-order valence-electron chi connectivity index (χ0n) is 5.82. The minimum absolute atomic E-state index is 0.451. The third-order valence-corrected chi connectivity index (χ3v) is 1.08. The summed E-state index contributed by atoms with van der Waals surface area (Å²) in [7, 11) is 0. The van der Waals surface area contributed by atoms with Crippen LogP contribution in [0.2, 0.25) is 0 Å². The molecule has 2 N–H and O–H groups in total. The smallest absolute Gasteiger partial charge is 0.251 e. The molecular formula is C7H8N2O2. The van der Waals surface area contributed by atoms with Crippen LogP contribution < -0.4 is 5.32 Å². The molecule has 0 unspecified atom stereocenters. The highest BCUT2D eigenvalue weighted by molar-refractivity contribution is 5.90. The number of aromatic nitrogens is 1. The van der Waals surface area contributed by atoms with E-state index in [4.69, 9.17) is 5.11 Å². The second kappa shape index (κ2) is 3.68. The fourth-order valence-electron chi connectivity index (χ4n) is 0.619. The molecule has 11 heavy (non-hydrogen) atoms. The summed E-state index contributed by atoms with van der Waals surface area (Å²) in [4.78, 5) is 14.4. The number of nitrogens with zero attached hydrogens (tertiary/aromatic N) is 1. The number of nitrogens with one attached hydrogen (secondary N) is 1. The molecule has 0 fully saturated rings. The van der Waals surface area contributed by atoms with E-state index in [0.29, 0.717) is 5.82 Å². The summed E-state index contributed by atoms with van der Waals surface area (Å²) in [6.45, 7) is -0.517. The van der Waals surface area contributed by atoms with E-state index in [0.717, 1.165) is 0 Å². The minimum Gasteiger partial charge on any atom is -0.387 e. The zero-order valence-corrected chi connectivity index (χ0v) is 5.82. The van der Waals surface area contributed by atoms with Gasteiger partial charge in [0.25, 0.3) is 5.91 Å². The molecule has 4 heteroatoms. The third kappa shape index (κ3) is 2.35. The van der Waals surface area contributed by atoms with Crippen molar-refractivity contribution < 1.29 is 9.90 Å². The Bertz CT molecular complexity index is 235. The number of hydrogen-bond donors (Lipinski definition) is 2. The molecule has 1 amide bonds. The molecule has 0 saturated carbocycles. The highest BCUT2D eigenvalue weighted by Crippen LogP contribution is 1.98. The van der Waals surface area contributed by atoms with E-state index in [1.54, 1.807) is 24.4 Å². The summed E-state index contributed by atoms with van der Waals surface area (Å²) in [5.74, 6) is -0.00440. The molecule has 1 rings (SSSR count). The number of carbonyl (C=O) groups excluding carboxylic acids is 1. The van der Waals surface area contributed by atoms with Crippen molar-refractivity contribution in [3.63, 3.8) is 0 Å². The highest BCUT2D eigenvalue weighted by atomic mass is 16.3. The Kier molecular flexibility index (Phi) is 2.57. The average Bonchev–Trinajstić information content (AvgIpc) is 2.06. The van der Waals surface area contributed by atoms with Gasteiger partial charge in [0.2, 0.25) is 0 Å². The van der Waals surface area contributed by atoms with Gasteiger partial charge in [0, 0.05) is 6.20 Å². The van der Waals surface area contributed by atoms with Crippen molar-refractivity contribution in [2.75, 3.05) is 11.9 Å². The SMILES string of the molecule is O=C(CO)Nc1ccccn1. The topological polar surface area (TPSA) is 62.2 Å². The maximum atomic E-state index is 10.6. The molecule has 0 radical (unpaired) electrons. The van der Waals surface area contributed by atoms with Gasteiger partial charge in [0.15, 0.2) is 0 Å². The predicted octanol–water partition coefficient (Wildman–Crippen LogP) is 0.0124. The van der Waals surface area contributed by atoms with Crippen LogP contribution in [0.4, 0.5) is 5.82 Å². The van der Waals surface area contributed by atoms with Gasteiger partial charge < -0.3 is 10.4 Å². The number of rotatable bonds is 2. The summed E-state index contributed by atoms with van der Waals surface area (Å²) in [6.07, 6.45) is 1.56. The molecule has 58 valence electrons. The van der Waals surface area contributed by atoms with Crippen LogP contribution in [0.15, 0.2) is 24.4 Å². The monoisotopic (exact) mass is 152 g/mol. The number of anilines is 1. The van der Waals surface area contributed by atoms with Crippen LogP contribution in [0.1, 0.15) is 0 Å². The molecule has 0 aliphatic carbocycles. The van der Waals surface area contributed by atoms with Crippen molar-refractivity contribution in [3.8, 4) is 0 Å². The first-order chi connectivity index (χ1) is 5.33. The van der Waals surface area contributed by atoms with E-state index in [9.17, 15) is 4.79 Å². The molecule has 0 aromatic carbocycles. The quantitative estimate of drug-likeness (QED) is 0.627. The maximum absolute atomic E-state index is 10.6. The van der Waals surface area contributed by atoms with Crippen molar-refractivity contribution in [2.24, 2.45) is 0 Å². The van der Waals surface area contributed by atoms with Gasteiger partial charge in [-0.2, -0.15) is 0 Å². The molecule has 0 bridgehead atoms. The van der Waals surface area contributed by atoms with Crippen LogP contribution in [-0.4, -0.2) is 22.6 Å². The molecule has 0 saturated heterocycles. The predicted molar refractivity (Wildman–Crippen MR) is 40.0 cm³/mol. The van der Waals surface area contributed by atoms with Gasteiger partial charge >= 0.3 is 0 Å². The summed E-state index contributed by atoms with van der Waals surface area (Å²) < 4.78 is 0. The van der Waals surface area contributed by atoms with E-state index in [-0.39, 0.29) is 0 Å². The Labute approximate surface area is 63.9 Å². The van der Waals surface area contributed by atoms with Crippen LogP contribution in [0, 0.1) is 0 Å². The van der Waals surface area contributed by atoms with E-state index < -0.39 is 12.5 Å². The van der Waals surface area contributed by atoms with Gasteiger partial charge in [-0.15, -0.1) is 0 Å². The third-order valence-electron chi connectivity index (χ3n) is 1.08. The fourth-order valence-corrected chi connectivity index (χ4v) is 0.619. The maximum Gasteiger partial charge on any atom is 0.251 e. The number of carbonyl (C=O) groups is 1. The summed E-state index contributed by atoms with van der Waals surface area (Å²) in [6, 6.07) is 5.14. The van der Waals surface area contributed by atoms with E-state index in [2.05, 4.69) is 10.3 Å². The zero-order chi connectivity index (χ0) is 8.10. The summed E-state index contributed by atoms with van der Waals surface area (Å²) in [5.41, 5.74) is 0. The average molecular weight is 152 g/mol. The summed E-state index contributed by atoms with van der Waals surface area (Å²) in [5, 5.41) is 10.7. The van der Waals surface area contributed by atoms with Crippen LogP contribution in [0.25, 0.3) is 0 Å². The van der Waals surface area contributed by atoms with E-state index in [1.807, 2.05) is 0 Å². The first kappa shape index (κ1) is 7.68. The normalized spacial score (nSPS) is 9.18. The van der Waals surface area contributed by atoms with Gasteiger partial charge in [-0.25, -0.2) is 4.98 Å². The van der Waals surface area contributed by atoms with Gasteiger partial charge in [0.1, 0.15) is 12.4 Å². The Hall–Kier alpha value is -1.42. The Morgan fingerprint density at radius 1 is 1.64 bits per heavy atom. The van der Waals surface area contributed by atoms with Crippen molar-refractivity contribution in [2.45, 2.75) is 0 Å². The van der Waals surface area contributed by atoms with Gasteiger partial charge in [-0.05, 0) is 12.1 Å². The molecule has 1 heterocycles. The Morgan fingerprint density at radius 2 is 2.45 bits per heavy atom. The molecule has 0 atom stereocenters. The molecule has 0 aliphatic rings. The second-order valence-corrected chi connectivity index (χ2v) is 1.92. The number of pyridine rings is 1. The number of hydrogen-bond acceptors (Lipinski definition) is 3. The lowest BCUT2D eigenvalue weighted by Gasteiger charge is -1.99. The second-order valence-electron chi connectivity index (χ2n) is 1.92. The lowest BCUT2D eigenvalue weighted by atomic mass is 10.4. The van der Waals surface area contributed by atoms with Crippen molar-refractivity contribution in [1.29, 1.82) is 0 Å². The molecule has 4 nitrogen and oxygen atoms in total. The fraction of sp³-hybridized carbons (Fsp3) is 0.143. The van der Waals surface area contributed by atoms with Crippen molar-refractivity contribution >= 4 is 11.7 Å². The number of amides is 1. The number of aliphatic hydroxyl groups is 1. The number of aliphatic hydroxyl groups excluding tert-OH is 1. The van der Waals surface area contributed by atoms with Crippen molar-refractivity contribution in [3.05, 3.63) is 24.4 Å². The van der Waals surface area contributed by atoms with Gasteiger partial charge in [-0.3, -0.25) is 4.79 Å². The van der Waals surface area contributed by atoms with E-state index >= 15 is 0 Å². The minimum atomic E-state index is -0.517. The van der Waals surface area contributed by atoms with Crippen LogP contribution in [-0.2, 0) is 4.79 Å². The van der Waals surface area contributed by atoms with Gasteiger partial charge in [0.05, 0.1) is 0 Å². The van der Waals surface area contributed by atoms with Gasteiger partial charge in [-0.1, -0.05) is 6.07 Å². The molecule has 1 aromatic heterocycles. The summed E-state index contributed by atoms with van der Waals surface area (Å²) >= 11 is 0. The largest absolute Gasteiger partial charge is 0.387 e. The van der Waals surface area contributed by atoms with Crippen LogP contribution in [0.3, 0.4) is 0 Å². The first-order valence-corrected chi connectivity index (χ1v) is 3.14. The molecule has 0 spiro atoms. The Balaban J connectivity index is 2.58. The standard InChI is InChI=1S/C7H8N2O2/c10-5-7(11)9-6-3-1-2-4-8-6/h1-4,10H,5H2,(H,8,9,11). The van der Waals surface area contributed by atoms with E-state index in [1.165, 1.54) is 0 Å². The lowest BCUT2D eigenvalue weighted by molar-refractivity contribution is -0.118. The molecule has 0 aliphatic heterocycles. The van der Waals surface area contributed by atoms with Crippen molar-refractivity contribution in [1.82, 2.24) is 4.98 Å².